The van der Waals surface area contributed by atoms with Crippen LogP contribution in [0.2, 0.25) is 0 Å². The van der Waals surface area contributed by atoms with Crippen molar-refractivity contribution in [1.29, 1.82) is 0 Å². The molecule has 0 atom stereocenters. The van der Waals surface area contributed by atoms with Gasteiger partial charge in [0.1, 0.15) is 0 Å². The monoisotopic (exact) mass is 222 g/mol. The molecule has 0 N–H and O–H groups in total. The van der Waals surface area contributed by atoms with Crippen molar-refractivity contribution >= 4 is 22.6 Å². The maximum Gasteiger partial charge on any atom is -0.0134 e. The molecule has 0 aromatic heterocycles. The van der Waals surface area contributed by atoms with Crippen LogP contribution >= 0.6 is 22.6 Å². The summed E-state index contributed by atoms with van der Waals surface area (Å²) in [5.74, 6) is 0. The lowest BCUT2D eigenvalue weighted by Crippen LogP contribution is -1.67. The third-order valence-electron chi connectivity index (χ3n) is 1.02. The van der Waals surface area contributed by atoms with E-state index in [0.29, 0.717) is 0 Å². The summed E-state index contributed by atoms with van der Waals surface area (Å²) in [6, 6.07) is 0. The summed E-state index contributed by atoms with van der Waals surface area (Å²) >= 11 is 2.23. The Morgan fingerprint density at radius 2 is 2.25 bits per heavy atom. The molecule has 0 amide bonds. The van der Waals surface area contributed by atoms with Crippen LogP contribution in [0.15, 0.2) is 21.8 Å². The summed E-state index contributed by atoms with van der Waals surface area (Å²) in [4.78, 5) is 0. The van der Waals surface area contributed by atoms with E-state index < -0.39 is 0 Å². The number of allylic oxidation sites excluding steroid dienone is 3. The average molecular weight is 222 g/mol. The molecule has 0 aromatic rings. The molecule has 1 heteroatoms. The molecule has 0 nitrogen and oxygen atoms in total. The van der Waals surface area contributed by atoms with Crippen molar-refractivity contribution in [2.45, 2.75) is 20.3 Å². The Kier molecular flexibility index (Phi) is 5.49. The number of rotatable bonds is 2. The van der Waals surface area contributed by atoms with E-state index in [1.54, 1.807) is 0 Å². The molecule has 0 spiro atoms. The van der Waals surface area contributed by atoms with Gasteiger partial charge in [-0.15, -0.1) is 0 Å². The Morgan fingerprint density at radius 3 is 2.62 bits per heavy atom. The van der Waals surface area contributed by atoms with Crippen molar-refractivity contribution in [3.63, 3.8) is 0 Å². The summed E-state index contributed by atoms with van der Waals surface area (Å²) in [6.07, 6.45) is 5.38. The minimum atomic E-state index is 1.10. The van der Waals surface area contributed by atoms with Gasteiger partial charge in [-0.05, 0) is 24.4 Å². The van der Waals surface area contributed by atoms with Crippen molar-refractivity contribution in [2.24, 2.45) is 0 Å². The second kappa shape index (κ2) is 5.35. The minimum Gasteiger partial charge on any atom is -0.0884 e. The Morgan fingerprint density at radius 1 is 1.62 bits per heavy atom. The first-order valence-corrected chi connectivity index (χ1v) is 3.93. The highest BCUT2D eigenvalue weighted by molar-refractivity contribution is 14.1. The van der Waals surface area contributed by atoms with Crippen LogP contribution in [0.25, 0.3) is 0 Å². The highest BCUT2D eigenvalue weighted by atomic mass is 127. The van der Waals surface area contributed by atoms with Crippen LogP contribution in [0, 0.1) is 0 Å². The van der Waals surface area contributed by atoms with E-state index in [9.17, 15) is 0 Å². The first-order chi connectivity index (χ1) is 3.81. The molecular formula is C7H11I. The topological polar surface area (TPSA) is 0 Å². The first-order valence-electron chi connectivity index (χ1n) is 2.68. The summed E-state index contributed by atoms with van der Waals surface area (Å²) in [5, 5.41) is 0. The summed E-state index contributed by atoms with van der Waals surface area (Å²) in [7, 11) is 0. The van der Waals surface area contributed by atoms with Gasteiger partial charge < -0.3 is 0 Å². The molecule has 0 aliphatic carbocycles. The molecule has 0 saturated heterocycles. The van der Waals surface area contributed by atoms with E-state index in [1.165, 1.54) is 5.57 Å². The van der Waals surface area contributed by atoms with Crippen molar-refractivity contribution < 1.29 is 0 Å². The van der Waals surface area contributed by atoms with Crippen LogP contribution in [0.1, 0.15) is 20.3 Å². The Bertz CT molecular complexity index is 101. The molecule has 8 heavy (non-hydrogen) atoms. The number of halogens is 1. The maximum absolute atomic E-state index is 2.23. The molecule has 0 fully saturated rings. The van der Waals surface area contributed by atoms with E-state index >= 15 is 0 Å². The molecular weight excluding hydrogens is 211 g/mol. The van der Waals surface area contributed by atoms with Crippen LogP contribution in [0.4, 0.5) is 0 Å². The normalized spacial score (nSPS) is 13.1. The van der Waals surface area contributed by atoms with E-state index in [0.717, 1.165) is 6.42 Å². The fourth-order valence-corrected chi connectivity index (χ4v) is 0.603. The standard InChI is InChI=1S/C7H11I/c1-3-7(2)5-4-6-8/h3-4,6H,5H2,1-2H3. The van der Waals surface area contributed by atoms with Gasteiger partial charge in [0.05, 0.1) is 0 Å². The highest BCUT2D eigenvalue weighted by Crippen LogP contribution is 2.00. The molecule has 46 valence electrons. The van der Waals surface area contributed by atoms with Gasteiger partial charge in [-0.3, -0.25) is 0 Å². The smallest absolute Gasteiger partial charge is 0.0134 e. The second-order valence-corrected chi connectivity index (χ2v) is 2.42. The second-order valence-electron chi connectivity index (χ2n) is 1.70. The minimum absolute atomic E-state index is 1.10. The Balaban J connectivity index is 3.40. The molecule has 0 aliphatic rings. The van der Waals surface area contributed by atoms with Crippen molar-refractivity contribution in [3.05, 3.63) is 21.8 Å². The lowest BCUT2D eigenvalue weighted by molar-refractivity contribution is 1.20. The fourth-order valence-electron chi connectivity index (χ4n) is 0.348. The van der Waals surface area contributed by atoms with Crippen LogP contribution in [0.5, 0.6) is 0 Å². The summed E-state index contributed by atoms with van der Waals surface area (Å²) in [6.45, 7) is 4.20. The molecule has 0 aliphatic heterocycles. The number of hydrogen-bond acceptors (Lipinski definition) is 0. The fraction of sp³-hybridized carbons (Fsp3) is 0.429. The van der Waals surface area contributed by atoms with Gasteiger partial charge in [0, 0.05) is 0 Å². The maximum atomic E-state index is 2.23. The average Bonchev–Trinajstić information content (AvgIpc) is 1.83. The van der Waals surface area contributed by atoms with Crippen LogP contribution in [-0.2, 0) is 0 Å². The molecule has 0 rings (SSSR count). The SMILES string of the molecule is CC=C(C)CC=CI. The zero-order chi connectivity index (χ0) is 6.41. The van der Waals surface area contributed by atoms with Gasteiger partial charge in [0.15, 0.2) is 0 Å². The highest BCUT2D eigenvalue weighted by Gasteiger charge is 1.78. The zero-order valence-corrected chi connectivity index (χ0v) is 7.47. The molecule has 0 saturated carbocycles. The van der Waals surface area contributed by atoms with Gasteiger partial charge in [-0.25, -0.2) is 0 Å². The first kappa shape index (κ1) is 8.21. The van der Waals surface area contributed by atoms with Crippen molar-refractivity contribution in [2.75, 3.05) is 0 Å². The third-order valence-corrected chi connectivity index (χ3v) is 1.53. The number of hydrogen-bond donors (Lipinski definition) is 0. The predicted octanol–water partition coefficient (Wildman–Crippen LogP) is 3.29. The van der Waals surface area contributed by atoms with E-state index in [1.807, 2.05) is 4.08 Å². The summed E-state index contributed by atoms with van der Waals surface area (Å²) in [5.41, 5.74) is 1.43. The van der Waals surface area contributed by atoms with E-state index in [-0.39, 0.29) is 0 Å². The molecule has 0 aromatic carbocycles. The van der Waals surface area contributed by atoms with Gasteiger partial charge in [-0.1, -0.05) is 40.3 Å². The molecule has 0 heterocycles. The van der Waals surface area contributed by atoms with E-state index in [2.05, 4.69) is 48.6 Å². The lowest BCUT2D eigenvalue weighted by Gasteiger charge is -1.88. The Labute approximate surface area is 64.8 Å². The van der Waals surface area contributed by atoms with Gasteiger partial charge >= 0.3 is 0 Å². The largest absolute Gasteiger partial charge is 0.0884 e. The predicted molar refractivity (Wildman–Crippen MR) is 47.2 cm³/mol. The van der Waals surface area contributed by atoms with E-state index in [4.69, 9.17) is 0 Å². The van der Waals surface area contributed by atoms with Crippen LogP contribution in [-0.4, -0.2) is 0 Å². The van der Waals surface area contributed by atoms with Crippen molar-refractivity contribution in [1.82, 2.24) is 0 Å². The molecule has 0 radical (unpaired) electrons. The Hall–Kier alpha value is 0.210. The van der Waals surface area contributed by atoms with Gasteiger partial charge in [0.25, 0.3) is 0 Å². The van der Waals surface area contributed by atoms with Crippen LogP contribution < -0.4 is 0 Å². The van der Waals surface area contributed by atoms with Crippen molar-refractivity contribution in [3.8, 4) is 0 Å². The molecule has 0 unspecified atom stereocenters. The van der Waals surface area contributed by atoms with Gasteiger partial charge in [0.2, 0.25) is 0 Å². The van der Waals surface area contributed by atoms with Crippen LogP contribution in [0.3, 0.4) is 0 Å². The lowest BCUT2D eigenvalue weighted by atomic mass is 10.2. The summed E-state index contributed by atoms with van der Waals surface area (Å²) < 4.78 is 2.05. The van der Waals surface area contributed by atoms with Gasteiger partial charge in [-0.2, -0.15) is 0 Å². The quantitative estimate of drug-likeness (QED) is 0.496. The zero-order valence-electron chi connectivity index (χ0n) is 5.32. The third kappa shape index (κ3) is 4.37. The molecule has 0 bridgehead atoms.